The molecule has 12 nitrogen and oxygen atoms in total. The summed E-state index contributed by atoms with van der Waals surface area (Å²) in [6, 6.07) is 0. The van der Waals surface area contributed by atoms with Crippen LogP contribution in [0.1, 0.15) is 256 Å². The highest BCUT2D eigenvalue weighted by molar-refractivity contribution is 6.38. The van der Waals surface area contributed by atoms with Gasteiger partial charge in [0.05, 0.1) is 0 Å². The maximum atomic E-state index is 13.7. The molecule has 0 heterocycles. The van der Waals surface area contributed by atoms with Gasteiger partial charge in [0.1, 0.15) is 0 Å². The molecule has 0 saturated heterocycles. The van der Waals surface area contributed by atoms with Crippen molar-refractivity contribution >= 4 is 118 Å². The van der Waals surface area contributed by atoms with Crippen LogP contribution in [0.3, 0.4) is 0 Å². The molecule has 0 unspecified atom stereocenters. The number of hydrogen-bond acceptors (Lipinski definition) is 12. The van der Waals surface area contributed by atoms with E-state index in [1.165, 1.54) is 116 Å². The van der Waals surface area contributed by atoms with E-state index in [1.54, 1.807) is 55.4 Å². The Bertz CT molecular complexity index is 9040. The Morgan fingerprint density at radius 2 is 0.242 bits per heavy atom. The Morgan fingerprint density at radius 3 is 0.469 bits per heavy atom. The van der Waals surface area contributed by atoms with Crippen LogP contribution in [-0.4, -0.2) is 0 Å². The van der Waals surface area contributed by atoms with Crippen molar-refractivity contribution in [2.75, 3.05) is 0 Å². The standard InChI is InChI=1S/2C28H22O2.2C26H16O4.4C2H6/c1-9-11(3)19-20-12(4)10(2)16-8-18-14(6)28(30)26(24(20)22(16)18)25-23(19)21-15(9)7-17(21)13(5)27(25)29;1-9-11(3)19-21-14(6)27(29)18-8-17-13(5)28(30)26(25(21)23(17)18)20-12(4)10(2)16-7-15(9)22(16)24(19)20;1-7-11-5-13-17(11)19-16(10(4)23(13)27)22-20-15(21(19)25(7)29)9(3)24(28)14-6-12(18(14)20)8(2)26(22)30;1-7-11-5-13-17(11)19-15(9(3)23(13)27)16-10(4)24(28)14-6-12-8(2)26(30)22(20(16)18(12)14)21(19)25(7)29;4*1-2/h2*7-8H2,1-6H3;2*5-6H2,1-4H3;4*1-2H3. The van der Waals surface area contributed by atoms with Crippen molar-refractivity contribution in [3.63, 3.8) is 0 Å². The zero-order valence-electron chi connectivity index (χ0n) is 78.6. The normalized spacial score (nSPS) is 13.6. The highest BCUT2D eigenvalue weighted by Gasteiger charge is 2.46. The lowest BCUT2D eigenvalue weighted by molar-refractivity contribution is 1.04. The maximum Gasteiger partial charge on any atom is 0.190 e. The molecule has 18 aliphatic carbocycles. The maximum absolute atomic E-state index is 13.7. The zero-order valence-corrected chi connectivity index (χ0v) is 78.6. The molecule has 0 saturated carbocycles. The van der Waals surface area contributed by atoms with Crippen molar-refractivity contribution in [1.82, 2.24) is 0 Å². The highest BCUT2D eigenvalue weighted by atomic mass is 16.2. The van der Waals surface area contributed by atoms with Gasteiger partial charge in [0, 0.05) is 214 Å². The number of hydrogen-bond donors (Lipinski definition) is 0. The van der Waals surface area contributed by atoms with Crippen molar-refractivity contribution in [2.45, 2.75) is 245 Å². The summed E-state index contributed by atoms with van der Waals surface area (Å²) in [5, 5.41) is 19.7. The smallest absolute Gasteiger partial charge is 0.190 e. The Balaban J connectivity index is 0.000000101. The Kier molecular flexibility index (Phi) is 17.0. The molecule has 128 heavy (non-hydrogen) atoms. The lowest BCUT2D eigenvalue weighted by Crippen LogP contribution is -2.32. The monoisotopic (exact) mass is 1680 g/mol. The van der Waals surface area contributed by atoms with Crippen molar-refractivity contribution < 1.29 is 0 Å². The molecule has 0 atom stereocenters. The molecule has 0 bridgehead atoms. The fourth-order valence-corrected chi connectivity index (χ4v) is 25.9. The summed E-state index contributed by atoms with van der Waals surface area (Å²) in [6.45, 7) is 55.8. The second-order valence-electron chi connectivity index (χ2n) is 37.5. The molecule has 636 valence electrons. The summed E-state index contributed by atoms with van der Waals surface area (Å²) in [4.78, 5) is 161. The average Bonchev–Trinajstić information content (AvgIpc) is 0.672. The molecular formula is C116H100O12. The summed E-state index contributed by atoms with van der Waals surface area (Å²) in [5.41, 5.74) is 43.3. The van der Waals surface area contributed by atoms with E-state index >= 15 is 0 Å². The molecule has 0 aromatic heterocycles. The van der Waals surface area contributed by atoms with Gasteiger partial charge in [0.2, 0.25) is 0 Å². The van der Waals surface area contributed by atoms with Gasteiger partial charge in [0.15, 0.2) is 65.1 Å². The first-order chi connectivity index (χ1) is 61.0. The SMILES string of the molecule is CC.CC.CC.CC.Cc1c2c3c(c(=O)c(C)c4c-3c(c1=O)c1c(C)c(=O)c3c5c(c(C)c(=O)c4c1-5)C3)C2.Cc1c2c3c(c(=O)c(C)c4c-3c(c1=O)c1c3c4c(C)c(=O)c4c-3c(c(C)c1=O)C4)C2.Cc1c2c3c(c(C)c(=O)c4c5c(=O)c(C)c6c7c(c(C)c(C)c(c(c1C)c34)c75)C6)C2.Cc1c2c3c(c(C)c(C)c4c5c6c(c(C)c(=O)c7c-6c(c(C)c5=O)C7)c(c1C)c34)C2. The van der Waals surface area contributed by atoms with Crippen molar-refractivity contribution in [3.05, 3.63) is 323 Å². The predicted molar refractivity (Wildman–Crippen MR) is 531 cm³/mol. The molecule has 0 spiro atoms. The minimum Gasteiger partial charge on any atom is -0.289 e. The Morgan fingerprint density at radius 1 is 0.102 bits per heavy atom. The van der Waals surface area contributed by atoms with Crippen LogP contribution < -0.4 is 65.1 Å². The first-order valence-corrected chi connectivity index (χ1v) is 46.1. The Hall–Kier alpha value is -12.8. The first kappa shape index (κ1) is 82.2. The van der Waals surface area contributed by atoms with Crippen LogP contribution in [0, 0.1) is 138 Å². The third-order valence-electron chi connectivity index (χ3n) is 33.3. The second-order valence-corrected chi connectivity index (χ2v) is 37.5. The zero-order chi connectivity index (χ0) is 91.8. The molecule has 10 aromatic carbocycles. The van der Waals surface area contributed by atoms with Crippen molar-refractivity contribution in [1.29, 1.82) is 0 Å². The third kappa shape index (κ3) is 8.77. The van der Waals surface area contributed by atoms with Gasteiger partial charge in [-0.2, -0.15) is 0 Å². The first-order valence-electron chi connectivity index (χ1n) is 46.1. The van der Waals surface area contributed by atoms with Gasteiger partial charge in [0.25, 0.3) is 0 Å². The summed E-state index contributed by atoms with van der Waals surface area (Å²) >= 11 is 0. The average molecular weight is 1690 g/mol. The van der Waals surface area contributed by atoms with E-state index in [0.717, 1.165) is 157 Å². The minimum atomic E-state index is -0.121. The number of fused-ring (bicyclic) bond motifs is 8. The van der Waals surface area contributed by atoms with Gasteiger partial charge in [-0.3, -0.25) is 57.5 Å². The topological polar surface area (TPSA) is 205 Å². The summed E-state index contributed by atoms with van der Waals surface area (Å²) in [5.74, 6) is 0. The molecule has 0 aliphatic heterocycles. The number of benzene rings is 20. The summed E-state index contributed by atoms with van der Waals surface area (Å²) in [6.07, 6.45) is 5.42. The van der Waals surface area contributed by atoms with Crippen LogP contribution in [0.5, 0.6) is 0 Å². The number of aryl methyl sites for hydroxylation is 9. The van der Waals surface area contributed by atoms with E-state index in [9.17, 15) is 57.5 Å². The highest BCUT2D eigenvalue weighted by Crippen LogP contribution is 2.60. The van der Waals surface area contributed by atoms with Gasteiger partial charge in [-0.25, -0.2) is 0 Å². The third-order valence-corrected chi connectivity index (χ3v) is 33.3. The minimum absolute atomic E-state index is 0.00624. The van der Waals surface area contributed by atoms with Crippen LogP contribution in [0.4, 0.5) is 0 Å². The van der Waals surface area contributed by atoms with Crippen LogP contribution >= 0.6 is 0 Å². The predicted octanol–water partition coefficient (Wildman–Crippen LogP) is 21.2. The second kappa shape index (κ2) is 26.5. The van der Waals surface area contributed by atoms with Gasteiger partial charge in [-0.15, -0.1) is 0 Å². The van der Waals surface area contributed by atoms with Crippen LogP contribution in [0.25, 0.3) is 174 Å². The molecule has 12 heteroatoms. The largest absolute Gasteiger partial charge is 0.289 e. The molecular weight excluding hydrogens is 1590 g/mol. The van der Waals surface area contributed by atoms with Gasteiger partial charge < -0.3 is 0 Å². The molecule has 10 aromatic rings. The van der Waals surface area contributed by atoms with Gasteiger partial charge in [-0.05, 0) is 351 Å². The van der Waals surface area contributed by atoms with Crippen LogP contribution in [0.15, 0.2) is 57.5 Å². The molecule has 0 fully saturated rings. The lowest BCUT2D eigenvalue weighted by Gasteiger charge is -2.35. The van der Waals surface area contributed by atoms with E-state index < -0.39 is 0 Å². The molecule has 28 rings (SSSR count). The number of rotatable bonds is 0. The lowest BCUT2D eigenvalue weighted by atomic mass is 9.66. The van der Waals surface area contributed by atoms with Gasteiger partial charge >= 0.3 is 0 Å². The van der Waals surface area contributed by atoms with Crippen LogP contribution in [-0.2, 0) is 51.4 Å². The Labute approximate surface area is 737 Å². The van der Waals surface area contributed by atoms with Crippen molar-refractivity contribution in [3.8, 4) is 55.6 Å². The van der Waals surface area contributed by atoms with Crippen molar-refractivity contribution in [2.24, 2.45) is 0 Å². The molecule has 0 radical (unpaired) electrons. The van der Waals surface area contributed by atoms with E-state index in [1.807, 2.05) is 83.1 Å². The summed E-state index contributed by atoms with van der Waals surface area (Å²) < 4.78 is 0. The van der Waals surface area contributed by atoms with E-state index in [0.29, 0.717) is 153 Å². The fourth-order valence-electron chi connectivity index (χ4n) is 25.9. The van der Waals surface area contributed by atoms with E-state index in [2.05, 4.69) is 55.4 Å². The quantitative estimate of drug-likeness (QED) is 0.103. The summed E-state index contributed by atoms with van der Waals surface area (Å²) in [7, 11) is 0. The molecule has 18 aliphatic rings. The fraction of sp³-hybridized carbons (Fsp3) is 0.310. The van der Waals surface area contributed by atoms with E-state index in [-0.39, 0.29) is 65.1 Å². The molecule has 0 N–H and O–H groups in total. The molecule has 0 amide bonds. The van der Waals surface area contributed by atoms with Gasteiger partial charge in [-0.1, -0.05) is 55.4 Å². The van der Waals surface area contributed by atoms with E-state index in [4.69, 9.17) is 0 Å². The van der Waals surface area contributed by atoms with Crippen LogP contribution in [0.2, 0.25) is 0 Å².